The SMILES string of the molecule is C=CCNC(=O)C(C)Oc1ccc(C(C)NCC)cc1F. The van der Waals surface area contributed by atoms with Crippen molar-refractivity contribution >= 4 is 5.91 Å². The molecule has 0 saturated heterocycles. The summed E-state index contributed by atoms with van der Waals surface area (Å²) in [6, 6.07) is 4.83. The largest absolute Gasteiger partial charge is 0.478 e. The third-order valence-corrected chi connectivity index (χ3v) is 3.06. The van der Waals surface area contributed by atoms with Crippen LogP contribution in [0.2, 0.25) is 0 Å². The Morgan fingerprint density at radius 1 is 1.48 bits per heavy atom. The molecule has 2 atom stereocenters. The number of hydrogen-bond donors (Lipinski definition) is 2. The van der Waals surface area contributed by atoms with Gasteiger partial charge in [-0.1, -0.05) is 19.1 Å². The number of rotatable bonds is 8. The minimum absolute atomic E-state index is 0.0619. The van der Waals surface area contributed by atoms with Crippen LogP contribution >= 0.6 is 0 Å². The van der Waals surface area contributed by atoms with Gasteiger partial charge in [-0.3, -0.25) is 4.79 Å². The second kappa shape index (κ2) is 8.42. The molecule has 116 valence electrons. The van der Waals surface area contributed by atoms with Crippen molar-refractivity contribution in [1.29, 1.82) is 0 Å². The smallest absolute Gasteiger partial charge is 0.261 e. The monoisotopic (exact) mass is 294 g/mol. The number of carbonyl (C=O) groups is 1. The zero-order valence-electron chi connectivity index (χ0n) is 12.8. The standard InChI is InChI=1S/C16H23FN2O2/c1-5-9-19-16(20)12(4)21-15-8-7-13(10-14(15)17)11(3)18-6-2/h5,7-8,10-12,18H,1,6,9H2,2-4H3,(H,19,20). The third-order valence-electron chi connectivity index (χ3n) is 3.06. The van der Waals surface area contributed by atoms with E-state index >= 15 is 0 Å². The van der Waals surface area contributed by atoms with Crippen LogP contribution in [-0.2, 0) is 4.79 Å². The van der Waals surface area contributed by atoms with Gasteiger partial charge in [0.15, 0.2) is 17.7 Å². The number of hydrogen-bond acceptors (Lipinski definition) is 3. The van der Waals surface area contributed by atoms with Gasteiger partial charge in [0.05, 0.1) is 0 Å². The number of amides is 1. The van der Waals surface area contributed by atoms with Gasteiger partial charge < -0.3 is 15.4 Å². The number of halogens is 1. The maximum absolute atomic E-state index is 14.0. The van der Waals surface area contributed by atoms with E-state index in [1.165, 1.54) is 6.07 Å². The van der Waals surface area contributed by atoms with E-state index in [1.807, 2.05) is 13.8 Å². The first-order valence-corrected chi connectivity index (χ1v) is 7.07. The fourth-order valence-electron chi connectivity index (χ4n) is 1.87. The molecule has 1 rings (SSSR count). The number of benzene rings is 1. The molecule has 0 aromatic heterocycles. The predicted octanol–water partition coefficient (Wildman–Crippen LogP) is 2.57. The average molecular weight is 294 g/mol. The van der Waals surface area contributed by atoms with E-state index in [1.54, 1.807) is 25.1 Å². The molecule has 0 aliphatic heterocycles. The normalized spacial score (nSPS) is 13.3. The average Bonchev–Trinajstić information content (AvgIpc) is 2.46. The van der Waals surface area contributed by atoms with Gasteiger partial charge in [-0.15, -0.1) is 6.58 Å². The van der Waals surface area contributed by atoms with Crippen LogP contribution in [0.25, 0.3) is 0 Å². The summed E-state index contributed by atoms with van der Waals surface area (Å²) in [7, 11) is 0. The van der Waals surface area contributed by atoms with Crippen LogP contribution in [0.4, 0.5) is 4.39 Å². The molecule has 2 N–H and O–H groups in total. The van der Waals surface area contributed by atoms with Crippen molar-refractivity contribution < 1.29 is 13.9 Å². The molecule has 0 heterocycles. The second-order valence-corrected chi connectivity index (χ2v) is 4.76. The first kappa shape index (κ1) is 17.2. The van der Waals surface area contributed by atoms with Gasteiger partial charge in [0.1, 0.15) is 0 Å². The van der Waals surface area contributed by atoms with Crippen LogP contribution < -0.4 is 15.4 Å². The third kappa shape index (κ3) is 5.19. The summed E-state index contributed by atoms with van der Waals surface area (Å²) in [5, 5.41) is 5.81. The summed E-state index contributed by atoms with van der Waals surface area (Å²) in [4.78, 5) is 11.7. The van der Waals surface area contributed by atoms with Crippen molar-refractivity contribution in [3.8, 4) is 5.75 Å². The van der Waals surface area contributed by atoms with Crippen molar-refractivity contribution in [2.45, 2.75) is 32.9 Å². The van der Waals surface area contributed by atoms with Crippen molar-refractivity contribution in [2.24, 2.45) is 0 Å². The highest BCUT2D eigenvalue weighted by Crippen LogP contribution is 2.23. The predicted molar refractivity (Wildman–Crippen MR) is 81.8 cm³/mol. The van der Waals surface area contributed by atoms with Crippen LogP contribution in [0.1, 0.15) is 32.4 Å². The van der Waals surface area contributed by atoms with Gasteiger partial charge in [0.25, 0.3) is 5.91 Å². The molecule has 0 bridgehead atoms. The van der Waals surface area contributed by atoms with Crippen LogP contribution in [0.5, 0.6) is 5.75 Å². The molecule has 0 spiro atoms. The van der Waals surface area contributed by atoms with E-state index in [-0.39, 0.29) is 17.7 Å². The van der Waals surface area contributed by atoms with Crippen molar-refractivity contribution in [1.82, 2.24) is 10.6 Å². The first-order valence-electron chi connectivity index (χ1n) is 7.07. The zero-order chi connectivity index (χ0) is 15.8. The molecule has 0 fully saturated rings. The Bertz CT molecular complexity index is 491. The lowest BCUT2D eigenvalue weighted by Crippen LogP contribution is -2.36. The minimum atomic E-state index is -0.767. The highest BCUT2D eigenvalue weighted by molar-refractivity contribution is 5.80. The highest BCUT2D eigenvalue weighted by Gasteiger charge is 2.16. The van der Waals surface area contributed by atoms with Crippen LogP contribution in [0, 0.1) is 5.82 Å². The van der Waals surface area contributed by atoms with E-state index in [0.29, 0.717) is 6.54 Å². The molecule has 21 heavy (non-hydrogen) atoms. The van der Waals surface area contributed by atoms with Gasteiger partial charge in [0, 0.05) is 12.6 Å². The molecule has 1 aromatic rings. The summed E-state index contributed by atoms with van der Waals surface area (Å²) >= 11 is 0. The maximum atomic E-state index is 14.0. The van der Waals surface area contributed by atoms with E-state index < -0.39 is 11.9 Å². The van der Waals surface area contributed by atoms with E-state index in [0.717, 1.165) is 12.1 Å². The molecule has 0 saturated carbocycles. The molecule has 4 nitrogen and oxygen atoms in total. The van der Waals surface area contributed by atoms with Crippen molar-refractivity contribution in [3.63, 3.8) is 0 Å². The summed E-state index contributed by atoms with van der Waals surface area (Å²) in [6.07, 6.45) is 0.804. The lowest BCUT2D eigenvalue weighted by molar-refractivity contribution is -0.127. The minimum Gasteiger partial charge on any atom is -0.478 e. The van der Waals surface area contributed by atoms with Crippen molar-refractivity contribution in [2.75, 3.05) is 13.1 Å². The lowest BCUT2D eigenvalue weighted by Gasteiger charge is -2.17. The molecule has 1 aromatic carbocycles. The molecule has 0 aliphatic rings. The van der Waals surface area contributed by atoms with E-state index in [2.05, 4.69) is 17.2 Å². The topological polar surface area (TPSA) is 50.4 Å². The number of carbonyl (C=O) groups excluding carboxylic acids is 1. The molecule has 1 amide bonds. The van der Waals surface area contributed by atoms with Gasteiger partial charge in [-0.2, -0.15) is 0 Å². The Labute approximate surface area is 125 Å². The summed E-state index contributed by atoms with van der Waals surface area (Å²) in [6.45, 7) is 10.2. The van der Waals surface area contributed by atoms with Crippen molar-refractivity contribution in [3.05, 3.63) is 42.2 Å². The van der Waals surface area contributed by atoms with E-state index in [4.69, 9.17) is 4.74 Å². The fraction of sp³-hybridized carbons (Fsp3) is 0.438. The van der Waals surface area contributed by atoms with Crippen LogP contribution in [-0.4, -0.2) is 25.1 Å². The quantitative estimate of drug-likeness (QED) is 0.725. The Kier molecular flexibility index (Phi) is 6.88. The summed E-state index contributed by atoms with van der Waals surface area (Å²) in [5.41, 5.74) is 0.838. The second-order valence-electron chi connectivity index (χ2n) is 4.76. The van der Waals surface area contributed by atoms with Gasteiger partial charge in [0.2, 0.25) is 0 Å². The Balaban J connectivity index is 2.72. The summed E-state index contributed by atoms with van der Waals surface area (Å²) < 4.78 is 19.4. The Hall–Kier alpha value is -1.88. The first-order chi connectivity index (χ1) is 9.99. The maximum Gasteiger partial charge on any atom is 0.261 e. The molecular formula is C16H23FN2O2. The molecule has 2 unspecified atom stereocenters. The Morgan fingerprint density at radius 2 is 2.19 bits per heavy atom. The summed E-state index contributed by atoms with van der Waals surface area (Å²) in [5.74, 6) is -0.705. The van der Waals surface area contributed by atoms with Crippen LogP contribution in [0.3, 0.4) is 0 Å². The number of ether oxygens (including phenoxy) is 1. The van der Waals surface area contributed by atoms with Gasteiger partial charge >= 0.3 is 0 Å². The van der Waals surface area contributed by atoms with E-state index in [9.17, 15) is 9.18 Å². The van der Waals surface area contributed by atoms with Crippen LogP contribution in [0.15, 0.2) is 30.9 Å². The van der Waals surface area contributed by atoms with Gasteiger partial charge in [-0.05, 0) is 38.1 Å². The fourth-order valence-corrected chi connectivity index (χ4v) is 1.87. The zero-order valence-corrected chi connectivity index (χ0v) is 12.8. The number of nitrogens with one attached hydrogen (secondary N) is 2. The van der Waals surface area contributed by atoms with Gasteiger partial charge in [-0.25, -0.2) is 4.39 Å². The molecule has 0 aliphatic carbocycles. The highest BCUT2D eigenvalue weighted by atomic mass is 19.1. The Morgan fingerprint density at radius 3 is 2.76 bits per heavy atom. The molecule has 0 radical (unpaired) electrons. The lowest BCUT2D eigenvalue weighted by atomic mass is 10.1. The molecule has 5 heteroatoms. The molecular weight excluding hydrogens is 271 g/mol.